The molecule has 0 radical (unpaired) electrons. The van der Waals surface area contributed by atoms with Gasteiger partial charge in [0.15, 0.2) is 0 Å². The second-order valence-corrected chi connectivity index (χ2v) is 24.2. The van der Waals surface area contributed by atoms with Gasteiger partial charge >= 0.3 is 0 Å². The van der Waals surface area contributed by atoms with Gasteiger partial charge in [0.1, 0.15) is 16.1 Å². The van der Waals surface area contributed by atoms with E-state index in [9.17, 15) is 0 Å². The average molecular weight is 567 g/mol. The Labute approximate surface area is 252 Å². The smallest absolute Gasteiger partial charge is 0.124 e. The SMILES string of the molecule is CC(C)=C(C#CC#CC#CC#CC(C#C[Si](C(C)C)(C(C)C)C(C)C)=C(C)C)C#C[Si](C(C)C)(C(C)C)C(C)C. The van der Waals surface area contributed by atoms with Crippen LogP contribution in [0.4, 0.5) is 0 Å². The van der Waals surface area contributed by atoms with E-state index in [0.717, 1.165) is 22.3 Å². The summed E-state index contributed by atoms with van der Waals surface area (Å²) in [5.74, 6) is 30.5. The molecule has 0 aliphatic heterocycles. The molecule has 0 saturated carbocycles. The van der Waals surface area contributed by atoms with Crippen LogP contribution in [0.15, 0.2) is 22.3 Å². The van der Waals surface area contributed by atoms with Crippen LogP contribution in [-0.2, 0) is 0 Å². The van der Waals surface area contributed by atoms with E-state index >= 15 is 0 Å². The van der Waals surface area contributed by atoms with Gasteiger partial charge in [0.05, 0.1) is 11.1 Å². The summed E-state index contributed by atoms with van der Waals surface area (Å²) < 4.78 is 0. The van der Waals surface area contributed by atoms with Crippen molar-refractivity contribution in [1.29, 1.82) is 0 Å². The second kappa shape index (κ2) is 17.2. The lowest BCUT2D eigenvalue weighted by atomic mass is 10.1. The summed E-state index contributed by atoms with van der Waals surface area (Å²) in [7, 11) is -3.61. The second-order valence-electron chi connectivity index (χ2n) is 13.0. The Morgan fingerprint density at radius 3 is 0.775 bits per heavy atom. The fraction of sp³-hybridized carbons (Fsp3) is 0.579. The molecule has 0 aromatic rings. The van der Waals surface area contributed by atoms with Crippen molar-refractivity contribution < 1.29 is 0 Å². The highest BCUT2D eigenvalue weighted by Crippen LogP contribution is 2.41. The molecular weight excluding hydrogens is 513 g/mol. The van der Waals surface area contributed by atoms with E-state index in [-0.39, 0.29) is 0 Å². The molecule has 0 spiro atoms. The first-order chi connectivity index (χ1) is 18.5. The maximum absolute atomic E-state index is 3.76. The van der Waals surface area contributed by atoms with Crippen LogP contribution in [0.2, 0.25) is 33.2 Å². The Kier molecular flexibility index (Phi) is 16.0. The van der Waals surface area contributed by atoms with E-state index in [4.69, 9.17) is 0 Å². The summed E-state index contributed by atoms with van der Waals surface area (Å²) >= 11 is 0. The van der Waals surface area contributed by atoms with Gasteiger partial charge in [-0.1, -0.05) is 106 Å². The Balaban J connectivity index is 6.06. The molecule has 0 aromatic carbocycles. The van der Waals surface area contributed by atoms with Gasteiger partial charge in [-0.25, -0.2) is 0 Å². The average Bonchev–Trinajstić information content (AvgIpc) is 2.81. The first-order valence-corrected chi connectivity index (χ1v) is 19.4. The van der Waals surface area contributed by atoms with E-state index in [1.165, 1.54) is 0 Å². The van der Waals surface area contributed by atoms with Crippen molar-refractivity contribution in [1.82, 2.24) is 0 Å². The molecule has 0 N–H and O–H groups in total. The van der Waals surface area contributed by atoms with E-state index in [2.05, 4.69) is 181 Å². The van der Waals surface area contributed by atoms with Crippen LogP contribution < -0.4 is 0 Å². The van der Waals surface area contributed by atoms with Crippen LogP contribution in [0.1, 0.15) is 111 Å². The first-order valence-electron chi connectivity index (χ1n) is 14.9. The molecule has 0 bridgehead atoms. The molecule has 0 aliphatic rings. The molecule has 0 nitrogen and oxygen atoms in total. The summed E-state index contributed by atoms with van der Waals surface area (Å²) in [6.07, 6.45) is 0. The molecule has 0 amide bonds. The molecule has 0 heterocycles. The third-order valence-electron chi connectivity index (χ3n) is 8.23. The maximum atomic E-state index is 3.76. The molecule has 0 aromatic heterocycles. The van der Waals surface area contributed by atoms with Crippen LogP contribution in [0.25, 0.3) is 0 Å². The standard InChI is InChI=1S/C38H54Si2/c1-29(2)37(25-27-39(31(5)6,32(7)8)33(9)10)23-21-19-17-18-20-22-24-38(30(3)4)26-28-40(34(11)12,35(13)14)36(15)16/h31-36H,1-16H3. The molecular formula is C38H54Si2. The molecule has 2 heteroatoms. The minimum absolute atomic E-state index is 0.589. The first kappa shape index (κ1) is 37.3. The van der Waals surface area contributed by atoms with Crippen molar-refractivity contribution in [3.63, 3.8) is 0 Å². The van der Waals surface area contributed by atoms with Crippen molar-refractivity contribution in [3.05, 3.63) is 22.3 Å². The van der Waals surface area contributed by atoms with Gasteiger partial charge in [-0.15, -0.1) is 11.1 Å². The lowest BCUT2D eigenvalue weighted by molar-refractivity contribution is 0.838. The molecule has 40 heavy (non-hydrogen) atoms. The quantitative estimate of drug-likeness (QED) is 0.222. The third kappa shape index (κ3) is 10.0. The number of hydrogen-bond donors (Lipinski definition) is 0. The normalized spacial score (nSPS) is 10.7. The Morgan fingerprint density at radius 1 is 0.350 bits per heavy atom. The summed E-state index contributed by atoms with van der Waals surface area (Å²) in [4.78, 5) is 0. The lowest BCUT2D eigenvalue weighted by Crippen LogP contribution is -2.43. The third-order valence-corrected chi connectivity index (χ3v) is 20.8. The van der Waals surface area contributed by atoms with Gasteiger partial charge in [-0.3, -0.25) is 0 Å². The van der Waals surface area contributed by atoms with E-state index in [0.29, 0.717) is 33.2 Å². The molecule has 0 atom stereocenters. The van der Waals surface area contributed by atoms with Gasteiger partial charge in [0, 0.05) is 0 Å². The summed E-state index contributed by atoms with van der Waals surface area (Å²) in [6, 6.07) is 0. The molecule has 0 aliphatic carbocycles. The highest BCUT2D eigenvalue weighted by atomic mass is 28.3. The molecule has 0 fully saturated rings. The molecule has 214 valence electrons. The van der Waals surface area contributed by atoms with E-state index in [1.54, 1.807) is 0 Å². The molecule has 0 rings (SSSR count). The van der Waals surface area contributed by atoms with Gasteiger partial charge in [-0.2, -0.15) is 0 Å². The molecule has 0 saturated heterocycles. The number of hydrogen-bond acceptors (Lipinski definition) is 0. The monoisotopic (exact) mass is 566 g/mol. The topological polar surface area (TPSA) is 0 Å². The van der Waals surface area contributed by atoms with Crippen LogP contribution in [0, 0.1) is 70.3 Å². The van der Waals surface area contributed by atoms with E-state index in [1.807, 2.05) is 0 Å². The summed E-state index contributed by atoms with van der Waals surface area (Å²) in [6.45, 7) is 36.2. The van der Waals surface area contributed by atoms with Gasteiger partial charge in [0.25, 0.3) is 0 Å². The minimum Gasteiger partial charge on any atom is -0.124 e. The van der Waals surface area contributed by atoms with Gasteiger partial charge < -0.3 is 0 Å². The van der Waals surface area contributed by atoms with Crippen LogP contribution in [0.3, 0.4) is 0 Å². The van der Waals surface area contributed by atoms with E-state index < -0.39 is 16.1 Å². The van der Waals surface area contributed by atoms with Gasteiger partial charge in [0.2, 0.25) is 0 Å². The maximum Gasteiger partial charge on any atom is 0.146 e. The summed E-state index contributed by atoms with van der Waals surface area (Å²) in [5, 5.41) is 0. The summed E-state index contributed by atoms with van der Waals surface area (Å²) in [5.41, 5.74) is 15.0. The number of allylic oxidation sites excluding steroid dienone is 4. The Hall–Kier alpha value is -2.73. The van der Waals surface area contributed by atoms with Crippen molar-refractivity contribution in [2.45, 2.75) is 144 Å². The largest absolute Gasteiger partial charge is 0.146 e. The lowest BCUT2D eigenvalue weighted by Gasteiger charge is -2.38. The van der Waals surface area contributed by atoms with Crippen LogP contribution in [-0.4, -0.2) is 16.1 Å². The van der Waals surface area contributed by atoms with Crippen LogP contribution >= 0.6 is 0 Å². The van der Waals surface area contributed by atoms with Crippen LogP contribution in [0.5, 0.6) is 0 Å². The predicted octanol–water partition coefficient (Wildman–Crippen LogP) is 10.1. The Bertz CT molecular complexity index is 1160. The zero-order valence-electron chi connectivity index (χ0n) is 28.5. The number of rotatable bonds is 6. The molecule has 0 unspecified atom stereocenters. The minimum atomic E-state index is -1.80. The van der Waals surface area contributed by atoms with Crippen molar-refractivity contribution in [2.75, 3.05) is 0 Å². The highest BCUT2D eigenvalue weighted by molar-refractivity contribution is 6.91. The van der Waals surface area contributed by atoms with Crippen molar-refractivity contribution in [2.24, 2.45) is 0 Å². The highest BCUT2D eigenvalue weighted by Gasteiger charge is 2.42. The fourth-order valence-electron chi connectivity index (χ4n) is 6.08. The fourth-order valence-corrected chi connectivity index (χ4v) is 16.5. The Morgan fingerprint density at radius 2 is 0.575 bits per heavy atom. The zero-order chi connectivity index (χ0) is 31.3. The zero-order valence-corrected chi connectivity index (χ0v) is 30.5. The van der Waals surface area contributed by atoms with Gasteiger partial charge in [-0.05, 0) is 108 Å². The van der Waals surface area contributed by atoms with Crippen molar-refractivity contribution >= 4 is 16.1 Å². The predicted molar refractivity (Wildman–Crippen MR) is 185 cm³/mol. The van der Waals surface area contributed by atoms with Crippen molar-refractivity contribution in [3.8, 4) is 70.3 Å².